The summed E-state index contributed by atoms with van der Waals surface area (Å²) < 4.78 is 0. The summed E-state index contributed by atoms with van der Waals surface area (Å²) in [5, 5.41) is 0.733. The monoisotopic (exact) mass is 339 g/mol. The molecule has 2 aromatic carbocycles. The lowest BCUT2D eigenvalue weighted by atomic mass is 9.84. The standard InChI is InChI=1S/C22H29NS/c1-17(2)19-11-7-8-12-20(19)21-16-23(14-13-22(21)24-3)15-18-9-5-4-6-10-18/h4-12,17,21-22H,13-16H2,1-3H3. The molecule has 0 spiro atoms. The Balaban J connectivity index is 1.82. The molecule has 3 rings (SSSR count). The van der Waals surface area contributed by atoms with Gasteiger partial charge in [0.2, 0.25) is 0 Å². The highest BCUT2D eigenvalue weighted by Gasteiger charge is 2.31. The largest absolute Gasteiger partial charge is 0.298 e. The number of hydrogen-bond acceptors (Lipinski definition) is 2. The fourth-order valence-electron chi connectivity index (χ4n) is 3.94. The Morgan fingerprint density at radius 3 is 2.46 bits per heavy atom. The van der Waals surface area contributed by atoms with Crippen molar-refractivity contribution >= 4 is 11.8 Å². The molecule has 1 heterocycles. The molecular formula is C22H29NS. The molecule has 2 heteroatoms. The quantitative estimate of drug-likeness (QED) is 0.704. The van der Waals surface area contributed by atoms with E-state index in [1.807, 2.05) is 0 Å². The molecule has 1 saturated heterocycles. The third kappa shape index (κ3) is 4.04. The predicted molar refractivity (Wildman–Crippen MR) is 107 cm³/mol. The minimum absolute atomic E-state index is 0.591. The van der Waals surface area contributed by atoms with Crippen molar-refractivity contribution in [1.29, 1.82) is 0 Å². The Hall–Kier alpha value is -1.25. The number of likely N-dealkylation sites (tertiary alicyclic amines) is 1. The van der Waals surface area contributed by atoms with Gasteiger partial charge in [-0.1, -0.05) is 68.4 Å². The van der Waals surface area contributed by atoms with Gasteiger partial charge in [-0.2, -0.15) is 11.8 Å². The normalized spacial score (nSPS) is 22.0. The van der Waals surface area contributed by atoms with E-state index in [4.69, 9.17) is 0 Å². The molecule has 1 aliphatic heterocycles. The highest BCUT2D eigenvalue weighted by Crippen LogP contribution is 2.38. The van der Waals surface area contributed by atoms with Crippen molar-refractivity contribution in [3.8, 4) is 0 Å². The van der Waals surface area contributed by atoms with E-state index in [0.29, 0.717) is 11.8 Å². The molecule has 0 saturated carbocycles. The average Bonchev–Trinajstić information content (AvgIpc) is 2.62. The molecule has 0 bridgehead atoms. The van der Waals surface area contributed by atoms with E-state index in [-0.39, 0.29) is 0 Å². The first-order valence-electron chi connectivity index (χ1n) is 9.07. The summed E-state index contributed by atoms with van der Waals surface area (Å²) in [6, 6.07) is 20.0. The zero-order chi connectivity index (χ0) is 16.9. The van der Waals surface area contributed by atoms with Gasteiger partial charge in [-0.25, -0.2) is 0 Å². The number of nitrogens with zero attached hydrogens (tertiary/aromatic N) is 1. The van der Waals surface area contributed by atoms with Crippen LogP contribution in [-0.2, 0) is 6.54 Å². The van der Waals surface area contributed by atoms with Crippen molar-refractivity contribution in [2.24, 2.45) is 0 Å². The molecule has 24 heavy (non-hydrogen) atoms. The van der Waals surface area contributed by atoms with Crippen LogP contribution < -0.4 is 0 Å². The van der Waals surface area contributed by atoms with E-state index in [1.54, 1.807) is 5.56 Å². The molecule has 2 atom stereocenters. The summed E-state index contributed by atoms with van der Waals surface area (Å²) in [6.45, 7) is 8.09. The maximum absolute atomic E-state index is 2.64. The maximum Gasteiger partial charge on any atom is 0.0233 e. The van der Waals surface area contributed by atoms with Gasteiger partial charge >= 0.3 is 0 Å². The fourth-order valence-corrected chi connectivity index (χ4v) is 4.84. The first-order chi connectivity index (χ1) is 11.7. The Bertz CT molecular complexity index is 637. The van der Waals surface area contributed by atoms with Crippen molar-refractivity contribution < 1.29 is 0 Å². The van der Waals surface area contributed by atoms with Crippen molar-refractivity contribution in [3.63, 3.8) is 0 Å². The molecule has 0 N–H and O–H groups in total. The lowest BCUT2D eigenvalue weighted by molar-refractivity contribution is 0.204. The second kappa shape index (κ2) is 8.22. The lowest BCUT2D eigenvalue weighted by Gasteiger charge is -2.39. The zero-order valence-corrected chi connectivity index (χ0v) is 15.9. The second-order valence-corrected chi connectivity index (χ2v) is 8.25. The topological polar surface area (TPSA) is 3.24 Å². The van der Waals surface area contributed by atoms with Gasteiger partial charge in [-0.05, 0) is 41.8 Å². The van der Waals surface area contributed by atoms with E-state index in [1.165, 1.54) is 30.6 Å². The fraction of sp³-hybridized carbons (Fsp3) is 0.455. The van der Waals surface area contributed by atoms with Crippen LogP contribution in [0.15, 0.2) is 54.6 Å². The summed E-state index contributed by atoms with van der Waals surface area (Å²) in [7, 11) is 0. The van der Waals surface area contributed by atoms with Gasteiger partial charge in [0.15, 0.2) is 0 Å². The molecule has 0 radical (unpaired) electrons. The van der Waals surface area contributed by atoms with E-state index in [9.17, 15) is 0 Å². The molecule has 2 aromatic rings. The average molecular weight is 340 g/mol. The summed E-state index contributed by atoms with van der Waals surface area (Å²) in [6.07, 6.45) is 3.56. The highest BCUT2D eigenvalue weighted by molar-refractivity contribution is 7.99. The first kappa shape index (κ1) is 17.6. The Kier molecular flexibility index (Phi) is 6.02. The van der Waals surface area contributed by atoms with Crippen molar-refractivity contribution in [2.45, 2.75) is 43.9 Å². The van der Waals surface area contributed by atoms with Crippen molar-refractivity contribution in [2.75, 3.05) is 19.3 Å². The van der Waals surface area contributed by atoms with E-state index >= 15 is 0 Å². The van der Waals surface area contributed by atoms with Crippen LogP contribution in [0.1, 0.15) is 48.8 Å². The van der Waals surface area contributed by atoms with E-state index in [0.717, 1.165) is 11.8 Å². The van der Waals surface area contributed by atoms with E-state index in [2.05, 4.69) is 91.4 Å². The number of rotatable bonds is 5. The number of piperidine rings is 1. The van der Waals surface area contributed by atoms with Crippen molar-refractivity contribution in [3.05, 3.63) is 71.3 Å². The third-order valence-corrected chi connectivity index (χ3v) is 6.37. The summed E-state index contributed by atoms with van der Waals surface area (Å²) in [4.78, 5) is 2.64. The molecule has 0 aromatic heterocycles. The van der Waals surface area contributed by atoms with E-state index < -0.39 is 0 Å². The SMILES string of the molecule is CSC1CCN(Cc2ccccc2)CC1c1ccccc1C(C)C. The van der Waals surface area contributed by atoms with Gasteiger partial charge in [0.05, 0.1) is 0 Å². The Morgan fingerprint density at radius 1 is 1.04 bits per heavy atom. The molecule has 1 aliphatic rings. The molecule has 2 unspecified atom stereocenters. The van der Waals surface area contributed by atoms with Gasteiger partial charge in [-0.3, -0.25) is 4.90 Å². The molecular weight excluding hydrogens is 310 g/mol. The summed E-state index contributed by atoms with van der Waals surface area (Å²) in [5.41, 5.74) is 4.53. The van der Waals surface area contributed by atoms with Gasteiger partial charge < -0.3 is 0 Å². The number of hydrogen-bond donors (Lipinski definition) is 0. The van der Waals surface area contributed by atoms with Gasteiger partial charge in [0, 0.05) is 24.3 Å². The van der Waals surface area contributed by atoms with Gasteiger partial charge in [0.1, 0.15) is 0 Å². The molecule has 1 nitrogen and oxygen atoms in total. The van der Waals surface area contributed by atoms with Crippen LogP contribution in [0.3, 0.4) is 0 Å². The minimum atomic E-state index is 0.591. The third-order valence-electron chi connectivity index (χ3n) is 5.20. The molecule has 1 fully saturated rings. The minimum Gasteiger partial charge on any atom is -0.298 e. The number of thioether (sulfide) groups is 1. The predicted octanol–water partition coefficient (Wildman–Crippen LogP) is 5.53. The highest BCUT2D eigenvalue weighted by atomic mass is 32.2. The van der Waals surface area contributed by atoms with Crippen LogP contribution in [0, 0.1) is 0 Å². The molecule has 0 aliphatic carbocycles. The van der Waals surface area contributed by atoms with Crippen LogP contribution >= 0.6 is 11.8 Å². The van der Waals surface area contributed by atoms with Crippen LogP contribution in [0.4, 0.5) is 0 Å². The first-order valence-corrected chi connectivity index (χ1v) is 10.4. The number of benzene rings is 2. The Morgan fingerprint density at radius 2 is 1.75 bits per heavy atom. The van der Waals surface area contributed by atoms with Crippen LogP contribution in [0.5, 0.6) is 0 Å². The van der Waals surface area contributed by atoms with Crippen LogP contribution in [-0.4, -0.2) is 29.5 Å². The van der Waals surface area contributed by atoms with Gasteiger partial charge in [0.25, 0.3) is 0 Å². The second-order valence-electron chi connectivity index (χ2n) is 7.17. The smallest absolute Gasteiger partial charge is 0.0233 e. The molecule has 0 amide bonds. The van der Waals surface area contributed by atoms with Crippen molar-refractivity contribution in [1.82, 2.24) is 4.90 Å². The summed E-state index contributed by atoms with van der Waals surface area (Å²) >= 11 is 2.05. The molecule has 128 valence electrons. The Labute approximate surface area is 151 Å². The van der Waals surface area contributed by atoms with Crippen LogP contribution in [0.25, 0.3) is 0 Å². The lowest BCUT2D eigenvalue weighted by Crippen LogP contribution is -2.40. The summed E-state index contributed by atoms with van der Waals surface area (Å²) in [5.74, 6) is 1.23. The maximum atomic E-state index is 2.64. The zero-order valence-electron chi connectivity index (χ0n) is 15.1. The van der Waals surface area contributed by atoms with Gasteiger partial charge in [-0.15, -0.1) is 0 Å². The van der Waals surface area contributed by atoms with Crippen LogP contribution in [0.2, 0.25) is 0 Å².